The van der Waals surface area contributed by atoms with Crippen molar-refractivity contribution >= 4 is 11.3 Å². The highest BCUT2D eigenvalue weighted by molar-refractivity contribution is 5.50. The molecule has 21 heavy (non-hydrogen) atoms. The third-order valence-corrected chi connectivity index (χ3v) is 4.61. The fourth-order valence-corrected chi connectivity index (χ4v) is 3.33. The SMILES string of the molecule is CC(C)c1nc2ccc(N)cn2c1CN1CCCCC1C. The quantitative estimate of drug-likeness (QED) is 0.940. The van der Waals surface area contributed by atoms with E-state index in [1.165, 1.54) is 37.2 Å². The molecule has 2 aromatic heterocycles. The molecule has 1 unspecified atom stereocenters. The average Bonchev–Trinajstić information content (AvgIpc) is 2.80. The molecule has 0 aliphatic carbocycles. The molecule has 0 radical (unpaired) electrons. The largest absolute Gasteiger partial charge is 0.398 e. The minimum Gasteiger partial charge on any atom is -0.398 e. The van der Waals surface area contributed by atoms with Gasteiger partial charge in [-0.2, -0.15) is 0 Å². The van der Waals surface area contributed by atoms with Gasteiger partial charge in [0.15, 0.2) is 0 Å². The monoisotopic (exact) mass is 286 g/mol. The Labute approximate surface area is 127 Å². The number of aromatic nitrogens is 2. The van der Waals surface area contributed by atoms with Crippen molar-refractivity contribution in [1.29, 1.82) is 0 Å². The molecule has 3 heterocycles. The Hall–Kier alpha value is -1.55. The van der Waals surface area contributed by atoms with Crippen LogP contribution in [0.4, 0.5) is 5.69 Å². The summed E-state index contributed by atoms with van der Waals surface area (Å²) in [7, 11) is 0. The van der Waals surface area contributed by atoms with Crippen molar-refractivity contribution in [3.63, 3.8) is 0 Å². The lowest BCUT2D eigenvalue weighted by Gasteiger charge is -2.33. The Morgan fingerprint density at radius 3 is 2.86 bits per heavy atom. The highest BCUT2D eigenvalue weighted by Crippen LogP contribution is 2.26. The van der Waals surface area contributed by atoms with Gasteiger partial charge in [0, 0.05) is 24.5 Å². The normalized spacial score (nSPS) is 20.5. The summed E-state index contributed by atoms with van der Waals surface area (Å²) in [4.78, 5) is 7.41. The van der Waals surface area contributed by atoms with Gasteiger partial charge >= 0.3 is 0 Å². The second kappa shape index (κ2) is 5.68. The van der Waals surface area contributed by atoms with E-state index in [-0.39, 0.29) is 0 Å². The van der Waals surface area contributed by atoms with Crippen LogP contribution in [0, 0.1) is 0 Å². The summed E-state index contributed by atoms with van der Waals surface area (Å²) in [6.45, 7) is 8.93. The number of hydrogen-bond donors (Lipinski definition) is 1. The van der Waals surface area contributed by atoms with Crippen LogP contribution in [0.2, 0.25) is 0 Å². The van der Waals surface area contributed by atoms with Gasteiger partial charge in [0.05, 0.1) is 11.4 Å². The third-order valence-electron chi connectivity index (χ3n) is 4.61. The molecule has 0 spiro atoms. The van der Waals surface area contributed by atoms with E-state index in [1.54, 1.807) is 0 Å². The first-order chi connectivity index (χ1) is 10.1. The van der Waals surface area contributed by atoms with E-state index in [2.05, 4.69) is 30.1 Å². The molecule has 0 bridgehead atoms. The number of rotatable bonds is 3. The zero-order chi connectivity index (χ0) is 15.0. The number of fused-ring (bicyclic) bond motifs is 1. The molecule has 4 heteroatoms. The maximum Gasteiger partial charge on any atom is 0.137 e. The maximum absolute atomic E-state index is 5.98. The van der Waals surface area contributed by atoms with Gasteiger partial charge in [-0.05, 0) is 44.4 Å². The van der Waals surface area contributed by atoms with Crippen LogP contribution in [0.15, 0.2) is 18.3 Å². The van der Waals surface area contributed by atoms with Crippen molar-refractivity contribution in [3.8, 4) is 0 Å². The summed E-state index contributed by atoms with van der Waals surface area (Å²) in [6.07, 6.45) is 5.98. The zero-order valence-corrected chi connectivity index (χ0v) is 13.3. The standard InChI is InChI=1S/C17H26N4/c1-12(2)17-15(11-20-9-5-4-6-13(20)3)21-10-14(18)7-8-16(21)19-17/h7-8,10,12-13H,4-6,9,11,18H2,1-3H3. The second-order valence-electron chi connectivity index (χ2n) is 6.60. The smallest absolute Gasteiger partial charge is 0.137 e. The Morgan fingerprint density at radius 1 is 1.33 bits per heavy atom. The number of nitrogens with two attached hydrogens (primary N) is 1. The highest BCUT2D eigenvalue weighted by atomic mass is 15.2. The van der Waals surface area contributed by atoms with E-state index in [1.807, 2.05) is 18.3 Å². The summed E-state index contributed by atoms with van der Waals surface area (Å²) in [5, 5.41) is 0. The lowest BCUT2D eigenvalue weighted by atomic mass is 10.0. The molecular weight excluding hydrogens is 260 g/mol. The Kier molecular flexibility index (Phi) is 3.89. The van der Waals surface area contributed by atoms with Crippen molar-refractivity contribution in [2.75, 3.05) is 12.3 Å². The minimum atomic E-state index is 0.432. The topological polar surface area (TPSA) is 46.6 Å². The molecular formula is C17H26N4. The second-order valence-corrected chi connectivity index (χ2v) is 6.60. The number of piperidine rings is 1. The Balaban J connectivity index is 2.02. The Bertz CT molecular complexity index is 629. The first-order valence-electron chi connectivity index (χ1n) is 8.06. The fourth-order valence-electron chi connectivity index (χ4n) is 3.33. The number of imidazole rings is 1. The van der Waals surface area contributed by atoms with Gasteiger partial charge in [-0.25, -0.2) is 4.98 Å². The summed E-state index contributed by atoms with van der Waals surface area (Å²) < 4.78 is 2.19. The summed E-state index contributed by atoms with van der Waals surface area (Å²) >= 11 is 0. The minimum absolute atomic E-state index is 0.432. The van der Waals surface area contributed by atoms with Crippen molar-refractivity contribution in [1.82, 2.24) is 14.3 Å². The van der Waals surface area contributed by atoms with Crippen LogP contribution < -0.4 is 5.73 Å². The highest BCUT2D eigenvalue weighted by Gasteiger charge is 2.22. The lowest BCUT2D eigenvalue weighted by molar-refractivity contribution is 0.150. The van der Waals surface area contributed by atoms with Crippen LogP contribution in [0.1, 0.15) is 57.3 Å². The zero-order valence-electron chi connectivity index (χ0n) is 13.3. The number of pyridine rings is 1. The maximum atomic E-state index is 5.98. The van der Waals surface area contributed by atoms with Gasteiger partial charge in [-0.3, -0.25) is 4.90 Å². The van der Waals surface area contributed by atoms with Gasteiger partial charge in [-0.1, -0.05) is 20.3 Å². The predicted octanol–water partition coefficient (Wildman–Crippen LogP) is 3.41. The van der Waals surface area contributed by atoms with Gasteiger partial charge in [0.2, 0.25) is 0 Å². The number of nitrogen functional groups attached to an aromatic ring is 1. The van der Waals surface area contributed by atoms with E-state index < -0.39 is 0 Å². The molecule has 114 valence electrons. The summed E-state index contributed by atoms with van der Waals surface area (Å²) in [6, 6.07) is 4.61. The van der Waals surface area contributed by atoms with Crippen molar-refractivity contribution in [2.45, 2.75) is 58.5 Å². The lowest BCUT2D eigenvalue weighted by Crippen LogP contribution is -2.37. The Morgan fingerprint density at radius 2 is 2.14 bits per heavy atom. The number of hydrogen-bond acceptors (Lipinski definition) is 3. The number of anilines is 1. The van der Waals surface area contributed by atoms with E-state index in [9.17, 15) is 0 Å². The van der Waals surface area contributed by atoms with Crippen LogP contribution in [-0.4, -0.2) is 26.9 Å². The fraction of sp³-hybridized carbons (Fsp3) is 0.588. The predicted molar refractivity (Wildman–Crippen MR) is 87.4 cm³/mol. The number of nitrogens with zero attached hydrogens (tertiary/aromatic N) is 3. The van der Waals surface area contributed by atoms with Crippen molar-refractivity contribution < 1.29 is 0 Å². The van der Waals surface area contributed by atoms with Crippen LogP contribution in [-0.2, 0) is 6.54 Å². The average molecular weight is 286 g/mol. The van der Waals surface area contributed by atoms with Crippen LogP contribution >= 0.6 is 0 Å². The van der Waals surface area contributed by atoms with Gasteiger partial charge in [-0.15, -0.1) is 0 Å². The first-order valence-corrected chi connectivity index (χ1v) is 8.06. The summed E-state index contributed by atoms with van der Waals surface area (Å²) in [5.41, 5.74) is 10.3. The molecule has 0 aromatic carbocycles. The van der Waals surface area contributed by atoms with Crippen LogP contribution in [0.3, 0.4) is 0 Å². The van der Waals surface area contributed by atoms with E-state index >= 15 is 0 Å². The summed E-state index contributed by atoms with van der Waals surface area (Å²) in [5.74, 6) is 0.432. The molecule has 4 nitrogen and oxygen atoms in total. The molecule has 1 saturated heterocycles. The third kappa shape index (κ3) is 2.77. The van der Waals surface area contributed by atoms with Gasteiger partial charge < -0.3 is 10.1 Å². The van der Waals surface area contributed by atoms with Gasteiger partial charge in [0.25, 0.3) is 0 Å². The molecule has 2 aromatic rings. The van der Waals surface area contributed by atoms with E-state index in [4.69, 9.17) is 10.7 Å². The molecule has 0 amide bonds. The molecule has 1 atom stereocenters. The number of likely N-dealkylation sites (tertiary alicyclic amines) is 1. The van der Waals surface area contributed by atoms with Crippen molar-refractivity contribution in [2.24, 2.45) is 0 Å². The van der Waals surface area contributed by atoms with Crippen LogP contribution in [0.5, 0.6) is 0 Å². The van der Waals surface area contributed by atoms with Crippen molar-refractivity contribution in [3.05, 3.63) is 29.7 Å². The van der Waals surface area contributed by atoms with E-state index in [0.29, 0.717) is 12.0 Å². The molecule has 1 aliphatic heterocycles. The molecule has 0 saturated carbocycles. The molecule has 3 rings (SSSR count). The molecule has 1 fully saturated rings. The first kappa shape index (κ1) is 14.4. The van der Waals surface area contributed by atoms with E-state index in [0.717, 1.165) is 17.9 Å². The van der Waals surface area contributed by atoms with Gasteiger partial charge in [0.1, 0.15) is 5.65 Å². The molecule has 2 N–H and O–H groups in total. The van der Waals surface area contributed by atoms with Crippen LogP contribution in [0.25, 0.3) is 5.65 Å². The molecule has 1 aliphatic rings.